The van der Waals surface area contributed by atoms with Crippen molar-refractivity contribution in [1.82, 2.24) is 4.90 Å². The molecule has 0 bridgehead atoms. The summed E-state index contributed by atoms with van der Waals surface area (Å²) in [5, 5.41) is 20.0. The highest BCUT2D eigenvalue weighted by Gasteiger charge is 2.18. The number of aliphatic hydroxyl groups is 1. The minimum atomic E-state index is -0.710. The molecule has 7 heteroatoms. The molecular weight excluding hydrogens is 262 g/mol. The lowest BCUT2D eigenvalue weighted by Gasteiger charge is -2.19. The maximum absolute atomic E-state index is 11.1. The van der Waals surface area contributed by atoms with Gasteiger partial charge in [-0.05, 0) is 6.07 Å². The zero-order valence-corrected chi connectivity index (χ0v) is 11.0. The minimum absolute atomic E-state index is 0.0546. The molecule has 0 atom stereocenters. The number of aliphatic hydroxyl groups excluding tert-OH is 1. The second-order valence-electron chi connectivity index (χ2n) is 4.21. The first kappa shape index (κ1) is 15.8. The van der Waals surface area contributed by atoms with Gasteiger partial charge in [0.05, 0.1) is 11.5 Å². The Morgan fingerprint density at radius 1 is 1.55 bits per heavy atom. The van der Waals surface area contributed by atoms with Gasteiger partial charge in [0.2, 0.25) is 5.91 Å². The van der Waals surface area contributed by atoms with E-state index in [1.54, 1.807) is 11.0 Å². The van der Waals surface area contributed by atoms with Crippen molar-refractivity contribution < 1.29 is 14.8 Å². The Balaban J connectivity index is 3.06. The van der Waals surface area contributed by atoms with Gasteiger partial charge < -0.3 is 10.8 Å². The van der Waals surface area contributed by atoms with Gasteiger partial charge in [-0.2, -0.15) is 0 Å². The number of hydrogen-bond acceptors (Lipinski definition) is 5. The first-order chi connectivity index (χ1) is 9.49. The third kappa shape index (κ3) is 4.15. The van der Waals surface area contributed by atoms with E-state index < -0.39 is 10.8 Å². The molecule has 0 fully saturated rings. The van der Waals surface area contributed by atoms with E-state index in [-0.39, 0.29) is 24.4 Å². The summed E-state index contributed by atoms with van der Waals surface area (Å²) < 4.78 is 0. The third-order valence-electron chi connectivity index (χ3n) is 2.76. The standard InChI is InChI=1S/C13H17N3O4/c1-2-5-15(6-7-17)9-11-4-3-10(13(14)18)8-12(11)16(19)20/h2-4,8,17H,1,5-7,9H2,(H2,14,18). The number of carbonyl (C=O) groups is 1. The predicted octanol–water partition coefficient (Wildman–Crippen LogP) is 0.674. The molecule has 1 amide bonds. The zero-order valence-electron chi connectivity index (χ0n) is 11.0. The van der Waals surface area contributed by atoms with E-state index in [0.29, 0.717) is 18.7 Å². The van der Waals surface area contributed by atoms with Gasteiger partial charge in [-0.3, -0.25) is 19.8 Å². The van der Waals surface area contributed by atoms with E-state index in [1.165, 1.54) is 18.2 Å². The van der Waals surface area contributed by atoms with Crippen LogP contribution in [0, 0.1) is 10.1 Å². The monoisotopic (exact) mass is 279 g/mol. The number of carbonyl (C=O) groups excluding carboxylic acids is 1. The fraction of sp³-hybridized carbons (Fsp3) is 0.308. The number of benzene rings is 1. The smallest absolute Gasteiger partial charge is 0.274 e. The SMILES string of the molecule is C=CCN(CCO)Cc1ccc(C(N)=O)cc1[N+](=O)[O-]. The minimum Gasteiger partial charge on any atom is -0.395 e. The number of nitro groups is 1. The predicted molar refractivity (Wildman–Crippen MR) is 74.2 cm³/mol. The van der Waals surface area contributed by atoms with Crippen LogP contribution >= 0.6 is 0 Å². The van der Waals surface area contributed by atoms with Crippen LogP contribution in [0.3, 0.4) is 0 Å². The first-order valence-electron chi connectivity index (χ1n) is 6.00. The molecule has 3 N–H and O–H groups in total. The Hall–Kier alpha value is -2.25. The average molecular weight is 279 g/mol. The molecule has 1 aromatic rings. The number of nitrogens with two attached hydrogens (primary N) is 1. The molecule has 7 nitrogen and oxygen atoms in total. The van der Waals surface area contributed by atoms with Crippen molar-refractivity contribution >= 4 is 11.6 Å². The largest absolute Gasteiger partial charge is 0.395 e. The molecule has 0 heterocycles. The number of amides is 1. The van der Waals surface area contributed by atoms with E-state index in [1.807, 2.05) is 0 Å². The van der Waals surface area contributed by atoms with Gasteiger partial charge in [0, 0.05) is 36.8 Å². The summed E-state index contributed by atoms with van der Waals surface area (Å²) in [4.78, 5) is 23.4. The Bertz CT molecular complexity index is 516. The summed E-state index contributed by atoms with van der Waals surface area (Å²) in [7, 11) is 0. The fourth-order valence-electron chi connectivity index (χ4n) is 1.82. The molecule has 0 aliphatic heterocycles. The van der Waals surface area contributed by atoms with Crippen molar-refractivity contribution in [2.75, 3.05) is 19.7 Å². The highest BCUT2D eigenvalue weighted by atomic mass is 16.6. The van der Waals surface area contributed by atoms with Gasteiger partial charge in [0.1, 0.15) is 0 Å². The molecule has 20 heavy (non-hydrogen) atoms. The first-order valence-corrected chi connectivity index (χ1v) is 6.00. The summed E-state index contributed by atoms with van der Waals surface area (Å²) in [6, 6.07) is 4.13. The number of rotatable bonds is 8. The molecule has 0 radical (unpaired) electrons. The lowest BCUT2D eigenvalue weighted by molar-refractivity contribution is -0.385. The molecule has 0 unspecified atom stereocenters. The molecule has 0 spiro atoms. The topological polar surface area (TPSA) is 110 Å². The van der Waals surface area contributed by atoms with E-state index in [4.69, 9.17) is 10.8 Å². The van der Waals surface area contributed by atoms with Gasteiger partial charge in [0.15, 0.2) is 0 Å². The fourth-order valence-corrected chi connectivity index (χ4v) is 1.82. The van der Waals surface area contributed by atoms with Crippen molar-refractivity contribution in [1.29, 1.82) is 0 Å². The number of hydrogen-bond donors (Lipinski definition) is 2. The van der Waals surface area contributed by atoms with Crippen LogP contribution in [0.1, 0.15) is 15.9 Å². The van der Waals surface area contributed by atoms with Crippen molar-refractivity contribution in [3.63, 3.8) is 0 Å². The normalized spacial score (nSPS) is 10.5. The van der Waals surface area contributed by atoms with Crippen LogP contribution in [0.2, 0.25) is 0 Å². The average Bonchev–Trinajstić information content (AvgIpc) is 2.39. The summed E-state index contributed by atoms with van der Waals surface area (Å²) in [5.41, 5.74) is 5.50. The maximum atomic E-state index is 11.1. The van der Waals surface area contributed by atoms with Crippen LogP contribution in [-0.2, 0) is 6.54 Å². The van der Waals surface area contributed by atoms with Crippen LogP contribution in [0.4, 0.5) is 5.69 Å². The Kier molecular flexibility index (Phi) is 5.82. The molecule has 0 saturated carbocycles. The third-order valence-corrected chi connectivity index (χ3v) is 2.76. The van der Waals surface area contributed by atoms with Crippen LogP contribution in [-0.4, -0.2) is 40.5 Å². The second kappa shape index (κ2) is 7.37. The summed E-state index contributed by atoms with van der Waals surface area (Å²) in [6.07, 6.45) is 1.65. The van der Waals surface area contributed by atoms with Gasteiger partial charge in [-0.15, -0.1) is 6.58 Å². The molecule has 0 aliphatic rings. The Labute approximate surface area is 116 Å². The van der Waals surface area contributed by atoms with E-state index in [9.17, 15) is 14.9 Å². The van der Waals surface area contributed by atoms with E-state index in [0.717, 1.165) is 0 Å². The van der Waals surface area contributed by atoms with E-state index in [2.05, 4.69) is 6.58 Å². The molecular formula is C13H17N3O4. The number of nitrogens with zero attached hydrogens (tertiary/aromatic N) is 2. The number of primary amides is 1. The molecule has 0 aliphatic carbocycles. The molecule has 1 rings (SSSR count). The van der Waals surface area contributed by atoms with Crippen molar-refractivity contribution in [3.8, 4) is 0 Å². The van der Waals surface area contributed by atoms with Crippen molar-refractivity contribution in [3.05, 3.63) is 52.1 Å². The van der Waals surface area contributed by atoms with Crippen molar-refractivity contribution in [2.24, 2.45) is 5.73 Å². The molecule has 0 saturated heterocycles. The Morgan fingerprint density at radius 2 is 2.25 bits per heavy atom. The summed E-state index contributed by atoms with van der Waals surface area (Å²) in [5.74, 6) is -0.710. The van der Waals surface area contributed by atoms with Crippen molar-refractivity contribution in [2.45, 2.75) is 6.54 Å². The summed E-state index contributed by atoms with van der Waals surface area (Å²) >= 11 is 0. The molecule has 1 aromatic carbocycles. The van der Waals surface area contributed by atoms with Gasteiger partial charge >= 0.3 is 0 Å². The van der Waals surface area contributed by atoms with Gasteiger partial charge in [0.25, 0.3) is 5.69 Å². The maximum Gasteiger partial charge on any atom is 0.274 e. The van der Waals surface area contributed by atoms with Crippen LogP contribution < -0.4 is 5.73 Å². The quantitative estimate of drug-likeness (QED) is 0.413. The highest BCUT2D eigenvalue weighted by molar-refractivity contribution is 5.93. The van der Waals surface area contributed by atoms with Crippen LogP contribution in [0.15, 0.2) is 30.9 Å². The lowest BCUT2D eigenvalue weighted by Crippen LogP contribution is -2.27. The highest BCUT2D eigenvalue weighted by Crippen LogP contribution is 2.22. The molecule has 0 aromatic heterocycles. The summed E-state index contributed by atoms with van der Waals surface area (Å²) in [6.45, 7) is 4.70. The number of nitro benzene ring substituents is 1. The van der Waals surface area contributed by atoms with E-state index >= 15 is 0 Å². The van der Waals surface area contributed by atoms with Gasteiger partial charge in [-0.25, -0.2) is 0 Å². The second-order valence-corrected chi connectivity index (χ2v) is 4.21. The Morgan fingerprint density at radius 3 is 2.75 bits per heavy atom. The van der Waals surface area contributed by atoms with Crippen LogP contribution in [0.25, 0.3) is 0 Å². The molecule has 108 valence electrons. The van der Waals surface area contributed by atoms with Crippen LogP contribution in [0.5, 0.6) is 0 Å². The lowest BCUT2D eigenvalue weighted by atomic mass is 10.1. The zero-order chi connectivity index (χ0) is 15.1. The van der Waals surface area contributed by atoms with Gasteiger partial charge in [-0.1, -0.05) is 12.1 Å².